The maximum Gasteiger partial charge on any atom is 0.0577 e. The Bertz CT molecular complexity index is 729. The third kappa shape index (κ3) is 3.87. The van der Waals surface area contributed by atoms with Crippen LogP contribution in [0.3, 0.4) is 0 Å². The van der Waals surface area contributed by atoms with Gasteiger partial charge in [0.05, 0.1) is 6.10 Å². The number of hydrogen-bond donors (Lipinski definition) is 1. The zero-order valence-corrected chi connectivity index (χ0v) is 22.2. The van der Waals surface area contributed by atoms with Gasteiger partial charge in [-0.1, -0.05) is 65.3 Å². The molecule has 3 saturated carbocycles. The summed E-state index contributed by atoms with van der Waals surface area (Å²) in [6.45, 7) is 19.4. The molecule has 182 valence electrons. The number of aliphatic hydroxyl groups is 1. The van der Waals surface area contributed by atoms with Gasteiger partial charge in [-0.2, -0.15) is 0 Å². The van der Waals surface area contributed by atoms with Gasteiger partial charge in [0, 0.05) is 0 Å². The van der Waals surface area contributed by atoms with Crippen molar-refractivity contribution in [3.05, 3.63) is 23.8 Å². The Kier molecular flexibility index (Phi) is 6.83. The van der Waals surface area contributed by atoms with Crippen LogP contribution in [0.4, 0.5) is 0 Å². The number of aliphatic hydroxyl groups excluding tert-OH is 1. The summed E-state index contributed by atoms with van der Waals surface area (Å²) in [5.74, 6) is 4.36. The monoisotopic (exact) mass is 440 g/mol. The normalized spacial score (nSPS) is 42.5. The Morgan fingerprint density at radius 2 is 1.84 bits per heavy atom. The lowest BCUT2D eigenvalue weighted by atomic mass is 9.47. The highest BCUT2D eigenvalue weighted by Gasteiger charge is 2.59. The first-order valence-corrected chi connectivity index (χ1v) is 14.1. The highest BCUT2D eigenvalue weighted by Crippen LogP contribution is 2.67. The van der Waals surface area contributed by atoms with E-state index < -0.39 is 0 Å². The Morgan fingerprint density at radius 1 is 1.12 bits per heavy atom. The third-order valence-corrected chi connectivity index (χ3v) is 12.2. The second-order valence-electron chi connectivity index (χ2n) is 13.3. The molecule has 1 N–H and O–H groups in total. The van der Waals surface area contributed by atoms with Crippen molar-refractivity contribution in [2.75, 3.05) is 0 Å². The van der Waals surface area contributed by atoms with E-state index in [-0.39, 0.29) is 6.10 Å². The van der Waals surface area contributed by atoms with Gasteiger partial charge in [-0.3, -0.25) is 0 Å². The number of allylic oxidation sites excluding steroid dienone is 2. The predicted octanol–water partition coefficient (Wildman–Crippen LogP) is 8.73. The molecule has 0 aromatic rings. The van der Waals surface area contributed by atoms with Crippen molar-refractivity contribution in [1.29, 1.82) is 0 Å². The molecule has 8 atom stereocenters. The maximum absolute atomic E-state index is 10.3. The minimum absolute atomic E-state index is 0.0894. The van der Waals surface area contributed by atoms with Gasteiger partial charge in [0.1, 0.15) is 0 Å². The van der Waals surface area contributed by atoms with E-state index in [0.29, 0.717) is 16.2 Å². The van der Waals surface area contributed by atoms with Gasteiger partial charge in [-0.05, 0) is 123 Å². The summed E-state index contributed by atoms with van der Waals surface area (Å²) >= 11 is 0. The zero-order chi connectivity index (χ0) is 23.3. The fraction of sp³-hybridized carbons (Fsp3) is 0.871. The lowest BCUT2D eigenvalue weighted by Crippen LogP contribution is -2.50. The topological polar surface area (TPSA) is 20.2 Å². The van der Waals surface area contributed by atoms with Crippen molar-refractivity contribution in [3.8, 4) is 0 Å². The maximum atomic E-state index is 10.3. The van der Waals surface area contributed by atoms with Crippen molar-refractivity contribution in [3.63, 3.8) is 0 Å². The highest BCUT2D eigenvalue weighted by molar-refractivity contribution is 5.25. The molecule has 0 unspecified atom stereocenters. The van der Waals surface area contributed by atoms with Crippen molar-refractivity contribution < 1.29 is 5.11 Å². The Balaban J connectivity index is 1.45. The molecule has 0 bridgehead atoms. The fourth-order valence-electron chi connectivity index (χ4n) is 9.27. The van der Waals surface area contributed by atoms with E-state index in [0.717, 1.165) is 42.4 Å². The summed E-state index contributed by atoms with van der Waals surface area (Å²) in [6.07, 6.45) is 17.7. The van der Waals surface area contributed by atoms with Crippen LogP contribution in [-0.4, -0.2) is 11.2 Å². The fourth-order valence-corrected chi connectivity index (χ4v) is 9.27. The Morgan fingerprint density at radius 3 is 2.53 bits per heavy atom. The van der Waals surface area contributed by atoms with Gasteiger partial charge in [-0.15, -0.1) is 0 Å². The van der Waals surface area contributed by atoms with Crippen LogP contribution in [0.25, 0.3) is 0 Å². The molecule has 0 aromatic heterocycles. The molecule has 0 aliphatic heterocycles. The second-order valence-corrected chi connectivity index (χ2v) is 13.3. The van der Waals surface area contributed by atoms with E-state index in [1.54, 1.807) is 5.57 Å². The number of hydrogen-bond acceptors (Lipinski definition) is 1. The molecule has 1 heteroatoms. The predicted molar refractivity (Wildman–Crippen MR) is 137 cm³/mol. The van der Waals surface area contributed by atoms with E-state index in [1.807, 2.05) is 0 Å². The summed E-state index contributed by atoms with van der Waals surface area (Å²) < 4.78 is 0. The first-order chi connectivity index (χ1) is 15.1. The quantitative estimate of drug-likeness (QED) is 0.392. The van der Waals surface area contributed by atoms with E-state index in [4.69, 9.17) is 0 Å². The minimum atomic E-state index is -0.0894. The molecule has 3 fully saturated rings. The van der Waals surface area contributed by atoms with Crippen LogP contribution in [0, 0.1) is 45.8 Å². The van der Waals surface area contributed by atoms with Crippen LogP contribution in [0.15, 0.2) is 23.8 Å². The first kappa shape index (κ1) is 24.6. The number of rotatable bonds is 7. The molecule has 1 nitrogen and oxygen atoms in total. The van der Waals surface area contributed by atoms with Gasteiger partial charge < -0.3 is 5.11 Å². The van der Waals surface area contributed by atoms with Crippen LogP contribution < -0.4 is 0 Å². The molecule has 4 aliphatic carbocycles. The lowest BCUT2D eigenvalue weighted by molar-refractivity contribution is -0.0571. The first-order valence-electron chi connectivity index (χ1n) is 14.1. The van der Waals surface area contributed by atoms with Gasteiger partial charge in [-0.25, -0.2) is 0 Å². The molecule has 4 aliphatic rings. The summed E-state index contributed by atoms with van der Waals surface area (Å²) in [5, 5.41) is 10.3. The van der Waals surface area contributed by atoms with Gasteiger partial charge in [0.15, 0.2) is 0 Å². The molecule has 0 saturated heterocycles. The molecule has 0 heterocycles. The summed E-state index contributed by atoms with van der Waals surface area (Å²) in [4.78, 5) is 0. The van der Waals surface area contributed by atoms with E-state index >= 15 is 0 Å². The number of fused-ring (bicyclic) bond motifs is 5. The second kappa shape index (κ2) is 8.90. The molecule has 0 amide bonds. The molecule has 0 aromatic carbocycles. The average Bonchev–Trinajstić information content (AvgIpc) is 3.14. The molecular formula is C31H52O. The summed E-state index contributed by atoms with van der Waals surface area (Å²) in [7, 11) is 0. The molecule has 32 heavy (non-hydrogen) atoms. The van der Waals surface area contributed by atoms with Crippen LogP contribution in [-0.2, 0) is 0 Å². The largest absolute Gasteiger partial charge is 0.393 e. The summed E-state index contributed by atoms with van der Waals surface area (Å²) in [5.41, 5.74) is 4.34. The minimum Gasteiger partial charge on any atom is -0.393 e. The van der Waals surface area contributed by atoms with E-state index in [2.05, 4.69) is 54.2 Å². The third-order valence-electron chi connectivity index (χ3n) is 12.2. The smallest absolute Gasteiger partial charge is 0.0577 e. The van der Waals surface area contributed by atoms with Crippen molar-refractivity contribution in [1.82, 2.24) is 0 Å². The SMILES string of the molecule is C=C(CC[C@@H](C)[C@H]1CC[C@H]2[C@@H]3CC=C4C[C@@H](O)CC[C@]4(C)[C@H]3CC[C@]12C)C(C)(CC)CC. The lowest BCUT2D eigenvalue weighted by Gasteiger charge is -2.58. The van der Waals surface area contributed by atoms with Crippen LogP contribution in [0.5, 0.6) is 0 Å². The summed E-state index contributed by atoms with van der Waals surface area (Å²) in [6, 6.07) is 0. The van der Waals surface area contributed by atoms with Crippen molar-refractivity contribution in [2.45, 2.75) is 125 Å². The standard InChI is InChI=1S/C31H52O/c1-8-29(5,9-2)22(4)11-10-21(3)26-14-15-27-25-13-12-23-20-24(32)16-18-30(23,6)28(25)17-19-31(26,27)7/h12,21,24-28,32H,4,8-11,13-20H2,1-3,5-7H3/t21-,24+,25+,26-,27+,28+,30+,31-/m1/s1. The van der Waals surface area contributed by atoms with Crippen LogP contribution in [0.2, 0.25) is 0 Å². The van der Waals surface area contributed by atoms with Crippen LogP contribution >= 0.6 is 0 Å². The van der Waals surface area contributed by atoms with Gasteiger partial charge in [0.2, 0.25) is 0 Å². The zero-order valence-electron chi connectivity index (χ0n) is 22.2. The average molecular weight is 441 g/mol. The van der Waals surface area contributed by atoms with Crippen molar-refractivity contribution >= 4 is 0 Å². The van der Waals surface area contributed by atoms with E-state index in [1.165, 1.54) is 69.8 Å². The molecule has 0 radical (unpaired) electrons. The van der Waals surface area contributed by atoms with Crippen LogP contribution in [0.1, 0.15) is 119 Å². The molecule has 4 rings (SSSR count). The molecular weight excluding hydrogens is 388 g/mol. The van der Waals surface area contributed by atoms with Crippen molar-refractivity contribution in [2.24, 2.45) is 45.8 Å². The van der Waals surface area contributed by atoms with Gasteiger partial charge in [0.25, 0.3) is 0 Å². The Labute approximate surface area is 199 Å². The van der Waals surface area contributed by atoms with Gasteiger partial charge >= 0.3 is 0 Å². The highest BCUT2D eigenvalue weighted by atomic mass is 16.3. The Hall–Kier alpha value is -0.560. The molecule has 0 spiro atoms. The van der Waals surface area contributed by atoms with E-state index in [9.17, 15) is 5.11 Å².